The van der Waals surface area contributed by atoms with E-state index >= 15 is 0 Å². The average Bonchev–Trinajstić information content (AvgIpc) is 2.55. The normalized spacial score (nSPS) is 12.5. The molecule has 0 saturated carbocycles. The molecule has 5 nitrogen and oxygen atoms in total. The van der Waals surface area contributed by atoms with Gasteiger partial charge in [-0.2, -0.15) is 0 Å². The summed E-state index contributed by atoms with van der Waals surface area (Å²) in [6.07, 6.45) is 0.970. The largest absolute Gasteiger partial charge is 0.348 e. The average molecular weight is 385 g/mol. The molecule has 0 radical (unpaired) electrons. The summed E-state index contributed by atoms with van der Waals surface area (Å²) in [4.78, 5) is 12.3. The molecule has 0 bridgehead atoms. The Bertz CT molecular complexity index is 859. The van der Waals surface area contributed by atoms with Crippen LogP contribution >= 0.6 is 11.6 Å². The fourth-order valence-electron chi connectivity index (χ4n) is 2.28. The minimum atomic E-state index is -3.75. The van der Waals surface area contributed by atoms with E-state index in [2.05, 4.69) is 5.32 Å². The highest BCUT2D eigenvalue weighted by molar-refractivity contribution is 7.92. The van der Waals surface area contributed by atoms with E-state index in [-0.39, 0.29) is 16.8 Å². The van der Waals surface area contributed by atoms with Gasteiger partial charge in [-0.15, -0.1) is 0 Å². The van der Waals surface area contributed by atoms with E-state index in [1.54, 1.807) is 6.92 Å². The van der Waals surface area contributed by atoms with Crippen LogP contribution in [-0.2, 0) is 14.8 Å². The van der Waals surface area contributed by atoms with Gasteiger partial charge < -0.3 is 5.32 Å². The van der Waals surface area contributed by atoms with E-state index in [9.17, 15) is 17.6 Å². The van der Waals surface area contributed by atoms with Crippen LogP contribution in [0.2, 0.25) is 5.02 Å². The van der Waals surface area contributed by atoms with Gasteiger partial charge in [0.05, 0.1) is 23.0 Å². The summed E-state index contributed by atoms with van der Waals surface area (Å²) in [5.74, 6) is -1.15. The van der Waals surface area contributed by atoms with Crippen LogP contribution in [0, 0.1) is 5.82 Å². The lowest BCUT2D eigenvalue weighted by Gasteiger charge is -2.23. The van der Waals surface area contributed by atoms with E-state index in [4.69, 9.17) is 11.6 Å². The quantitative estimate of drug-likeness (QED) is 0.832. The van der Waals surface area contributed by atoms with E-state index in [0.717, 1.165) is 22.2 Å². The van der Waals surface area contributed by atoms with E-state index in [1.165, 1.54) is 12.1 Å². The van der Waals surface area contributed by atoms with Crippen molar-refractivity contribution >= 4 is 33.2 Å². The summed E-state index contributed by atoms with van der Waals surface area (Å²) in [6.45, 7) is 1.37. The lowest BCUT2D eigenvalue weighted by Crippen LogP contribution is -2.41. The molecule has 2 rings (SSSR count). The zero-order valence-electron chi connectivity index (χ0n) is 13.7. The Morgan fingerprint density at radius 2 is 1.88 bits per heavy atom. The molecule has 0 saturated heterocycles. The van der Waals surface area contributed by atoms with Crippen molar-refractivity contribution in [3.05, 3.63) is 64.9 Å². The molecule has 134 valence electrons. The van der Waals surface area contributed by atoms with Gasteiger partial charge in [0.1, 0.15) is 12.4 Å². The maximum absolute atomic E-state index is 13.3. The minimum Gasteiger partial charge on any atom is -0.348 e. The van der Waals surface area contributed by atoms with E-state index < -0.39 is 28.3 Å². The molecule has 1 amide bonds. The zero-order valence-corrected chi connectivity index (χ0v) is 15.3. The van der Waals surface area contributed by atoms with Crippen molar-refractivity contribution < 1.29 is 17.6 Å². The van der Waals surface area contributed by atoms with Gasteiger partial charge in [-0.1, -0.05) is 41.9 Å². The van der Waals surface area contributed by atoms with Gasteiger partial charge in [-0.3, -0.25) is 9.10 Å². The van der Waals surface area contributed by atoms with Crippen LogP contribution in [0.1, 0.15) is 18.5 Å². The zero-order chi connectivity index (χ0) is 18.6. The second-order valence-corrected chi connectivity index (χ2v) is 7.88. The Morgan fingerprint density at radius 1 is 1.24 bits per heavy atom. The summed E-state index contributed by atoms with van der Waals surface area (Å²) < 4.78 is 38.2. The van der Waals surface area contributed by atoms with Gasteiger partial charge in [0, 0.05) is 0 Å². The van der Waals surface area contributed by atoms with Crippen molar-refractivity contribution in [2.75, 3.05) is 17.1 Å². The first kappa shape index (κ1) is 19.2. The van der Waals surface area contributed by atoms with Gasteiger partial charge in [-0.25, -0.2) is 12.8 Å². The van der Waals surface area contributed by atoms with Crippen molar-refractivity contribution in [1.82, 2.24) is 5.32 Å². The molecule has 1 atom stereocenters. The number of hydrogen-bond donors (Lipinski definition) is 1. The number of halogens is 2. The van der Waals surface area contributed by atoms with Crippen molar-refractivity contribution in [1.29, 1.82) is 0 Å². The first-order valence-corrected chi connectivity index (χ1v) is 9.68. The lowest BCUT2D eigenvalue weighted by molar-refractivity contribution is -0.120. The molecular weight excluding hydrogens is 367 g/mol. The van der Waals surface area contributed by atoms with Crippen molar-refractivity contribution in [3.8, 4) is 0 Å². The lowest BCUT2D eigenvalue weighted by atomic mass is 10.1. The fourth-order valence-corrected chi connectivity index (χ4v) is 3.31. The number of carbonyl (C=O) groups is 1. The van der Waals surface area contributed by atoms with Gasteiger partial charge in [0.15, 0.2) is 0 Å². The highest BCUT2D eigenvalue weighted by Crippen LogP contribution is 2.24. The van der Waals surface area contributed by atoms with Crippen LogP contribution in [0.4, 0.5) is 10.1 Å². The first-order valence-electron chi connectivity index (χ1n) is 7.45. The van der Waals surface area contributed by atoms with Gasteiger partial charge >= 0.3 is 0 Å². The summed E-state index contributed by atoms with van der Waals surface area (Å²) in [5.41, 5.74) is 1.02. The van der Waals surface area contributed by atoms with Crippen molar-refractivity contribution in [2.24, 2.45) is 0 Å². The van der Waals surface area contributed by atoms with Crippen molar-refractivity contribution in [2.45, 2.75) is 13.0 Å². The number of sulfonamides is 1. The maximum atomic E-state index is 13.3. The maximum Gasteiger partial charge on any atom is 0.241 e. The third kappa shape index (κ3) is 5.17. The van der Waals surface area contributed by atoms with Crippen LogP contribution in [0.15, 0.2) is 48.5 Å². The highest BCUT2D eigenvalue weighted by atomic mass is 35.5. The molecule has 1 N–H and O–H groups in total. The topological polar surface area (TPSA) is 66.5 Å². The predicted molar refractivity (Wildman–Crippen MR) is 96.6 cm³/mol. The summed E-state index contributed by atoms with van der Waals surface area (Å²) in [5, 5.41) is 2.52. The van der Waals surface area contributed by atoms with Crippen LogP contribution in [0.5, 0.6) is 0 Å². The number of rotatable bonds is 6. The summed E-state index contributed by atoms with van der Waals surface area (Å²) in [7, 11) is -3.75. The Morgan fingerprint density at radius 3 is 2.44 bits per heavy atom. The van der Waals surface area contributed by atoms with Gasteiger partial charge in [-0.05, 0) is 30.7 Å². The SMILES string of the molecule is CC(NC(=O)CN(c1ccc(F)c(Cl)c1)S(C)(=O)=O)c1ccccc1. The fraction of sp³-hybridized carbons (Fsp3) is 0.235. The van der Waals surface area contributed by atoms with Gasteiger partial charge in [0.25, 0.3) is 0 Å². The molecule has 2 aromatic carbocycles. The van der Waals surface area contributed by atoms with Crippen LogP contribution in [0.25, 0.3) is 0 Å². The van der Waals surface area contributed by atoms with Gasteiger partial charge in [0.2, 0.25) is 15.9 Å². The molecule has 1 unspecified atom stereocenters. The number of benzene rings is 2. The smallest absolute Gasteiger partial charge is 0.241 e. The first-order chi connectivity index (χ1) is 11.7. The van der Waals surface area contributed by atoms with Crippen molar-refractivity contribution in [3.63, 3.8) is 0 Å². The van der Waals surface area contributed by atoms with Crippen LogP contribution in [-0.4, -0.2) is 27.1 Å². The Kier molecular flexibility index (Phi) is 6.02. The second kappa shape index (κ2) is 7.84. The summed E-state index contributed by atoms with van der Waals surface area (Å²) >= 11 is 5.71. The molecule has 8 heteroatoms. The molecular formula is C17H18ClFN2O3S. The third-order valence-corrected chi connectivity index (χ3v) is 4.99. The number of carbonyl (C=O) groups excluding carboxylic acids is 1. The van der Waals surface area contributed by atoms with E-state index in [1.807, 2.05) is 30.3 Å². The molecule has 0 heterocycles. The number of anilines is 1. The molecule has 0 fully saturated rings. The minimum absolute atomic E-state index is 0.122. The highest BCUT2D eigenvalue weighted by Gasteiger charge is 2.22. The molecule has 0 aromatic heterocycles. The standard InChI is InChI=1S/C17H18ClFN2O3S/c1-12(13-6-4-3-5-7-13)20-17(22)11-21(25(2,23)24)14-8-9-16(19)15(18)10-14/h3-10,12H,11H2,1-2H3,(H,20,22). The number of hydrogen-bond acceptors (Lipinski definition) is 3. The Hall–Kier alpha value is -2.12. The molecule has 0 aliphatic rings. The monoisotopic (exact) mass is 384 g/mol. The van der Waals surface area contributed by atoms with E-state index in [0.29, 0.717) is 0 Å². The number of nitrogens with zero attached hydrogens (tertiary/aromatic N) is 1. The number of amides is 1. The third-order valence-electron chi connectivity index (χ3n) is 3.56. The Labute approximate surface area is 151 Å². The van der Waals surface area contributed by atoms with Crippen LogP contribution in [0.3, 0.4) is 0 Å². The molecule has 0 aliphatic heterocycles. The molecule has 0 spiro atoms. The molecule has 2 aromatic rings. The van der Waals surface area contributed by atoms with Crippen LogP contribution < -0.4 is 9.62 Å². The molecule has 0 aliphatic carbocycles. The summed E-state index contributed by atoms with van der Waals surface area (Å²) in [6, 6.07) is 12.5. The number of nitrogens with one attached hydrogen (secondary N) is 1. The Balaban J connectivity index is 2.17. The molecule has 25 heavy (non-hydrogen) atoms. The second-order valence-electron chi connectivity index (χ2n) is 5.57. The predicted octanol–water partition coefficient (Wildman–Crippen LogP) is 3.12.